The van der Waals surface area contributed by atoms with Gasteiger partial charge in [0.1, 0.15) is 5.50 Å². The molecule has 0 fully saturated rings. The predicted octanol–water partition coefficient (Wildman–Crippen LogP) is 6.71. The average molecular weight is 446 g/mol. The van der Waals surface area contributed by atoms with Crippen LogP contribution in [0.5, 0.6) is 0 Å². The predicted molar refractivity (Wildman–Crippen MR) is 111 cm³/mol. The highest BCUT2D eigenvalue weighted by Gasteiger charge is 2.26. The number of thiocarbonyl (C=S) groups is 1. The summed E-state index contributed by atoms with van der Waals surface area (Å²) in [5.74, 6) is 0. The Morgan fingerprint density at radius 1 is 1.04 bits per heavy atom. The molecule has 0 amide bonds. The lowest BCUT2D eigenvalue weighted by Crippen LogP contribution is -2.19. The van der Waals surface area contributed by atoms with Crippen LogP contribution in [0.4, 0.5) is 0 Å². The van der Waals surface area contributed by atoms with Gasteiger partial charge in [0, 0.05) is 28.0 Å². The molecule has 2 atom stereocenters. The quantitative estimate of drug-likeness (QED) is 0.322. The van der Waals surface area contributed by atoms with Gasteiger partial charge in [0.25, 0.3) is 0 Å². The lowest BCUT2D eigenvalue weighted by Gasteiger charge is -2.25. The normalized spacial score (nSPS) is 13.2. The molecule has 0 aliphatic heterocycles. The maximum Gasteiger partial charge on any atom is 0.193 e. The zero-order valence-corrected chi connectivity index (χ0v) is 17.0. The Kier molecular flexibility index (Phi) is 6.43. The van der Waals surface area contributed by atoms with Crippen molar-refractivity contribution in [3.63, 3.8) is 0 Å². The minimum absolute atomic E-state index is 0.220. The topological polar surface area (TPSA) is 27.1 Å². The van der Waals surface area contributed by atoms with Crippen LogP contribution in [-0.4, -0.2) is 14.6 Å². The monoisotopic (exact) mass is 444 g/mol. The first-order chi connectivity index (χ1) is 12.5. The van der Waals surface area contributed by atoms with Crippen molar-refractivity contribution in [3.8, 4) is 0 Å². The molecule has 0 radical (unpaired) electrons. The van der Waals surface area contributed by atoms with Gasteiger partial charge in [0.05, 0.1) is 11.3 Å². The molecule has 3 aromatic rings. The van der Waals surface area contributed by atoms with E-state index in [0.29, 0.717) is 20.6 Å². The van der Waals surface area contributed by atoms with Crippen LogP contribution < -0.4 is 0 Å². The first-order valence-corrected chi connectivity index (χ1v) is 9.46. The Hall–Kier alpha value is -1.30. The molecule has 3 nitrogen and oxygen atoms in total. The molecule has 3 rings (SSSR count). The number of hydrogen-bond donors (Lipinski definition) is 0. The zero-order chi connectivity index (χ0) is 18.7. The second-order valence-corrected chi connectivity index (χ2v) is 7.48. The van der Waals surface area contributed by atoms with Gasteiger partial charge < -0.3 is 9.30 Å². The van der Waals surface area contributed by atoms with E-state index in [2.05, 4.69) is 4.98 Å². The van der Waals surface area contributed by atoms with E-state index in [1.165, 1.54) is 0 Å². The van der Waals surface area contributed by atoms with E-state index in [1.54, 1.807) is 53.6 Å². The summed E-state index contributed by atoms with van der Waals surface area (Å²) >= 11 is 30.2. The number of nitrogens with zero attached hydrogens (tertiary/aromatic N) is 2. The van der Waals surface area contributed by atoms with E-state index in [9.17, 15) is 0 Å². The number of alkyl halides is 1. The third-order valence-electron chi connectivity index (χ3n) is 3.64. The molecular formula is C18H12Cl4N2OS. The highest BCUT2D eigenvalue weighted by molar-refractivity contribution is 7.80. The number of ether oxygens (including phenoxy) is 1. The molecule has 0 saturated carbocycles. The van der Waals surface area contributed by atoms with Crippen molar-refractivity contribution in [1.29, 1.82) is 0 Å². The van der Waals surface area contributed by atoms with Gasteiger partial charge in [0.2, 0.25) is 0 Å². The molecule has 1 heterocycles. The fourth-order valence-corrected chi connectivity index (χ4v) is 3.61. The molecule has 1 aromatic heterocycles. The minimum Gasteiger partial charge on any atom is -0.471 e. The van der Waals surface area contributed by atoms with Crippen LogP contribution >= 0.6 is 58.6 Å². The number of halogens is 4. The van der Waals surface area contributed by atoms with E-state index in [-0.39, 0.29) is 5.05 Å². The number of hydrogen-bond acceptors (Lipinski definition) is 3. The van der Waals surface area contributed by atoms with Crippen molar-refractivity contribution in [2.24, 2.45) is 0 Å². The van der Waals surface area contributed by atoms with Crippen LogP contribution in [0.15, 0.2) is 61.2 Å². The van der Waals surface area contributed by atoms with Crippen molar-refractivity contribution in [1.82, 2.24) is 9.55 Å². The first kappa shape index (κ1) is 19.5. The Morgan fingerprint density at radius 2 is 1.73 bits per heavy atom. The van der Waals surface area contributed by atoms with Crippen molar-refractivity contribution in [2.45, 2.75) is 11.6 Å². The van der Waals surface area contributed by atoms with Crippen molar-refractivity contribution >= 4 is 63.7 Å². The number of benzene rings is 2. The lowest BCUT2D eigenvalue weighted by molar-refractivity contribution is 0.168. The number of imidazole rings is 1. The molecule has 0 aliphatic rings. The van der Waals surface area contributed by atoms with Gasteiger partial charge in [-0.3, -0.25) is 0 Å². The Labute approximate surface area is 176 Å². The molecule has 0 aliphatic carbocycles. The van der Waals surface area contributed by atoms with Gasteiger partial charge in [-0.15, -0.1) is 0 Å². The van der Waals surface area contributed by atoms with Crippen LogP contribution in [0.3, 0.4) is 0 Å². The van der Waals surface area contributed by atoms with Crippen molar-refractivity contribution in [2.75, 3.05) is 0 Å². The van der Waals surface area contributed by atoms with Gasteiger partial charge in [0.15, 0.2) is 11.2 Å². The van der Waals surface area contributed by atoms with Gasteiger partial charge in [-0.25, -0.2) is 4.98 Å². The molecule has 2 aromatic carbocycles. The molecular weight excluding hydrogens is 434 g/mol. The van der Waals surface area contributed by atoms with Crippen molar-refractivity contribution in [3.05, 3.63) is 87.4 Å². The molecule has 0 spiro atoms. The fourth-order valence-electron chi connectivity index (χ4n) is 2.34. The third-order valence-corrected chi connectivity index (χ3v) is 5.21. The smallest absolute Gasteiger partial charge is 0.193 e. The van der Waals surface area contributed by atoms with E-state index < -0.39 is 11.6 Å². The van der Waals surface area contributed by atoms with Gasteiger partial charge in [-0.2, -0.15) is 0 Å². The van der Waals surface area contributed by atoms with E-state index >= 15 is 0 Å². The van der Waals surface area contributed by atoms with Crippen LogP contribution in [0.1, 0.15) is 22.7 Å². The molecule has 134 valence electrons. The van der Waals surface area contributed by atoms with E-state index in [1.807, 2.05) is 12.1 Å². The summed E-state index contributed by atoms with van der Waals surface area (Å²) in [7, 11) is 0. The maximum absolute atomic E-state index is 6.64. The SMILES string of the molecule is S=C(OC(c1ccc(Cl)cc1)C(Cl)n1ccnc1)c1ccc(Cl)cc1Cl. The summed E-state index contributed by atoms with van der Waals surface area (Å²) in [5, 5.41) is 1.76. The highest BCUT2D eigenvalue weighted by Crippen LogP contribution is 2.35. The summed E-state index contributed by atoms with van der Waals surface area (Å²) < 4.78 is 7.78. The lowest BCUT2D eigenvalue weighted by atomic mass is 10.1. The fraction of sp³-hybridized carbons (Fsp3) is 0.111. The zero-order valence-electron chi connectivity index (χ0n) is 13.2. The second kappa shape index (κ2) is 8.59. The summed E-state index contributed by atoms with van der Waals surface area (Å²) in [6, 6.07) is 12.2. The van der Waals surface area contributed by atoms with Gasteiger partial charge in [-0.1, -0.05) is 58.5 Å². The minimum atomic E-state index is -0.581. The average Bonchev–Trinajstić information content (AvgIpc) is 3.14. The van der Waals surface area contributed by atoms with Crippen LogP contribution in [0.25, 0.3) is 0 Å². The molecule has 0 bridgehead atoms. The van der Waals surface area contributed by atoms with Gasteiger partial charge >= 0.3 is 0 Å². The Morgan fingerprint density at radius 3 is 2.35 bits per heavy atom. The van der Waals surface area contributed by atoms with Gasteiger partial charge in [-0.05, 0) is 48.1 Å². The van der Waals surface area contributed by atoms with E-state index in [0.717, 1.165) is 5.56 Å². The Balaban J connectivity index is 1.92. The molecule has 26 heavy (non-hydrogen) atoms. The molecule has 0 N–H and O–H groups in total. The van der Waals surface area contributed by atoms with E-state index in [4.69, 9.17) is 63.4 Å². The number of rotatable bonds is 5. The van der Waals surface area contributed by atoms with Crippen LogP contribution in [0.2, 0.25) is 15.1 Å². The summed E-state index contributed by atoms with van der Waals surface area (Å²) in [6.07, 6.45) is 4.43. The third kappa shape index (κ3) is 4.51. The standard InChI is InChI=1S/C18H12Cl4N2OS/c19-12-3-1-11(2-4-12)16(17(22)24-8-7-23-10-24)25-18(26)14-6-5-13(20)9-15(14)21/h1-10,16-17H. The first-order valence-electron chi connectivity index (χ1n) is 7.48. The largest absolute Gasteiger partial charge is 0.471 e. The van der Waals surface area contributed by atoms with Crippen LogP contribution in [-0.2, 0) is 4.74 Å². The number of aromatic nitrogens is 2. The Bertz CT molecular complexity index is 900. The molecule has 8 heteroatoms. The highest BCUT2D eigenvalue weighted by atomic mass is 35.5. The molecule has 2 unspecified atom stereocenters. The maximum atomic E-state index is 6.64. The molecule has 0 saturated heterocycles. The van der Waals surface area contributed by atoms with Crippen molar-refractivity contribution < 1.29 is 4.74 Å². The van der Waals surface area contributed by atoms with Crippen LogP contribution in [0, 0.1) is 0 Å². The summed E-state index contributed by atoms with van der Waals surface area (Å²) in [4.78, 5) is 4.03. The summed E-state index contributed by atoms with van der Waals surface area (Å²) in [6.45, 7) is 0. The summed E-state index contributed by atoms with van der Waals surface area (Å²) in [5.41, 5.74) is 0.803. The second-order valence-electron chi connectivity index (χ2n) is 5.38.